The minimum Gasteiger partial charge on any atom is -0.378 e. The van der Waals surface area contributed by atoms with E-state index in [-0.39, 0.29) is 10.7 Å². The first-order valence-electron chi connectivity index (χ1n) is 8.50. The van der Waals surface area contributed by atoms with Crippen molar-refractivity contribution in [1.29, 1.82) is 0 Å². The molecule has 1 fully saturated rings. The third-order valence-corrected chi connectivity index (χ3v) is 5.62. The lowest BCUT2D eigenvalue weighted by Crippen LogP contribution is -2.45. The molecule has 0 N–H and O–H groups in total. The molecule has 1 saturated heterocycles. The molecule has 0 spiro atoms. The summed E-state index contributed by atoms with van der Waals surface area (Å²) in [6.45, 7) is 7.62. The van der Waals surface area contributed by atoms with Crippen molar-refractivity contribution in [3.8, 4) is 0 Å². The Morgan fingerprint density at radius 1 is 1.30 bits per heavy atom. The van der Waals surface area contributed by atoms with Gasteiger partial charge in [-0.05, 0) is 37.5 Å². The number of carbonyl (C=O) groups is 1. The molecule has 1 aromatic rings. The highest BCUT2D eigenvalue weighted by Gasteiger charge is 2.28. The van der Waals surface area contributed by atoms with Crippen molar-refractivity contribution in [3.05, 3.63) is 29.8 Å². The Hall–Kier alpha value is -1.16. The Kier molecular flexibility index (Phi) is 6.01. The van der Waals surface area contributed by atoms with Gasteiger partial charge < -0.3 is 9.80 Å². The van der Waals surface area contributed by atoms with Gasteiger partial charge in [-0.1, -0.05) is 26.8 Å². The van der Waals surface area contributed by atoms with Crippen LogP contribution in [-0.2, 0) is 0 Å². The van der Waals surface area contributed by atoms with Crippen LogP contribution in [0.2, 0.25) is 0 Å². The number of thioether (sulfide) groups is 1. The van der Waals surface area contributed by atoms with Crippen molar-refractivity contribution in [2.75, 3.05) is 31.3 Å². The van der Waals surface area contributed by atoms with E-state index >= 15 is 0 Å². The zero-order valence-electron chi connectivity index (χ0n) is 15.1. The van der Waals surface area contributed by atoms with Gasteiger partial charge in [0.15, 0.2) is 0 Å². The van der Waals surface area contributed by atoms with Crippen LogP contribution in [-0.4, -0.2) is 48.0 Å². The second-order valence-electron chi connectivity index (χ2n) is 7.52. The first-order chi connectivity index (χ1) is 10.8. The quantitative estimate of drug-likeness (QED) is 0.821. The third-order valence-electron chi connectivity index (χ3n) is 4.21. The van der Waals surface area contributed by atoms with E-state index in [0.717, 1.165) is 36.4 Å². The molecule has 3 nitrogen and oxygen atoms in total. The van der Waals surface area contributed by atoms with Crippen LogP contribution in [0.15, 0.2) is 24.3 Å². The summed E-state index contributed by atoms with van der Waals surface area (Å²) in [5.41, 5.74) is 1.89. The molecule has 1 amide bonds. The number of hydrogen-bond acceptors (Lipinski definition) is 3. The Morgan fingerprint density at radius 2 is 2.04 bits per heavy atom. The lowest BCUT2D eigenvalue weighted by atomic mass is 10.0. The number of anilines is 1. The van der Waals surface area contributed by atoms with Crippen LogP contribution in [0.5, 0.6) is 0 Å². The molecule has 1 aliphatic rings. The lowest BCUT2D eigenvalue weighted by molar-refractivity contribution is 0.0640. The van der Waals surface area contributed by atoms with Gasteiger partial charge in [0.25, 0.3) is 5.91 Å². The van der Waals surface area contributed by atoms with Gasteiger partial charge in [-0.3, -0.25) is 4.79 Å². The summed E-state index contributed by atoms with van der Waals surface area (Å²) in [5, 5.41) is 0. The van der Waals surface area contributed by atoms with Crippen molar-refractivity contribution in [2.45, 2.75) is 50.8 Å². The average Bonchev–Trinajstić information content (AvgIpc) is 2.52. The standard InChI is InChI=1S/C19H30N2OS/c1-19(2,3)23-14-17-10-6-7-12-21(17)18(22)15-9-8-11-16(13-15)20(4)5/h8-9,11,13,17H,6-7,10,12,14H2,1-5H3/t17-/m0/s1. The van der Waals surface area contributed by atoms with Crippen LogP contribution in [0.3, 0.4) is 0 Å². The van der Waals surface area contributed by atoms with E-state index in [0.29, 0.717) is 6.04 Å². The van der Waals surface area contributed by atoms with Crippen molar-refractivity contribution in [3.63, 3.8) is 0 Å². The molecule has 4 heteroatoms. The van der Waals surface area contributed by atoms with Gasteiger partial charge in [-0.25, -0.2) is 0 Å². The molecule has 0 aliphatic carbocycles. The first kappa shape index (κ1) is 18.2. The lowest BCUT2D eigenvalue weighted by Gasteiger charge is -2.37. The zero-order valence-corrected chi connectivity index (χ0v) is 15.9. The molecular weight excluding hydrogens is 304 g/mol. The fourth-order valence-corrected chi connectivity index (χ4v) is 3.91. The number of carbonyl (C=O) groups excluding carboxylic acids is 1. The zero-order chi connectivity index (χ0) is 17.0. The van der Waals surface area contributed by atoms with E-state index < -0.39 is 0 Å². The van der Waals surface area contributed by atoms with E-state index in [9.17, 15) is 4.79 Å². The monoisotopic (exact) mass is 334 g/mol. The van der Waals surface area contributed by atoms with Gasteiger partial charge >= 0.3 is 0 Å². The predicted molar refractivity (Wildman–Crippen MR) is 102 cm³/mol. The van der Waals surface area contributed by atoms with Crippen LogP contribution in [0.1, 0.15) is 50.4 Å². The van der Waals surface area contributed by atoms with Crippen LogP contribution in [0.4, 0.5) is 5.69 Å². The molecule has 0 radical (unpaired) electrons. The van der Waals surface area contributed by atoms with Crippen LogP contribution in [0, 0.1) is 0 Å². The smallest absolute Gasteiger partial charge is 0.254 e. The summed E-state index contributed by atoms with van der Waals surface area (Å²) in [5.74, 6) is 1.22. The molecule has 1 aromatic carbocycles. The number of amides is 1. The minimum atomic E-state index is 0.188. The topological polar surface area (TPSA) is 23.6 Å². The normalized spacial score (nSPS) is 18.8. The van der Waals surface area contributed by atoms with Gasteiger partial charge in [0.05, 0.1) is 0 Å². The SMILES string of the molecule is CN(C)c1cccc(C(=O)N2CCCC[C@H]2CSC(C)(C)C)c1. The van der Waals surface area contributed by atoms with E-state index in [1.165, 1.54) is 6.42 Å². The van der Waals surface area contributed by atoms with Gasteiger partial charge in [-0.15, -0.1) is 0 Å². The number of rotatable bonds is 4. The highest BCUT2D eigenvalue weighted by atomic mass is 32.2. The molecule has 2 rings (SSSR count). The third kappa shape index (κ3) is 5.17. The molecule has 1 aliphatic heterocycles. The largest absolute Gasteiger partial charge is 0.378 e. The van der Waals surface area contributed by atoms with E-state index in [2.05, 4.69) is 25.7 Å². The van der Waals surface area contributed by atoms with E-state index in [4.69, 9.17) is 0 Å². The van der Waals surface area contributed by atoms with Gasteiger partial charge in [0.1, 0.15) is 0 Å². The number of piperidine rings is 1. The van der Waals surface area contributed by atoms with Crippen LogP contribution in [0.25, 0.3) is 0 Å². The van der Waals surface area contributed by atoms with E-state index in [1.54, 1.807) is 0 Å². The summed E-state index contributed by atoms with van der Waals surface area (Å²) in [4.78, 5) is 17.2. The van der Waals surface area contributed by atoms with Gasteiger partial charge in [0, 0.05) is 48.4 Å². The van der Waals surface area contributed by atoms with Gasteiger partial charge in [0.2, 0.25) is 0 Å². The van der Waals surface area contributed by atoms with E-state index in [1.807, 2.05) is 55.0 Å². The van der Waals surface area contributed by atoms with Crippen molar-refractivity contribution in [1.82, 2.24) is 4.90 Å². The molecule has 0 bridgehead atoms. The fraction of sp³-hybridized carbons (Fsp3) is 0.632. The fourth-order valence-electron chi connectivity index (χ4n) is 2.87. The van der Waals surface area contributed by atoms with Crippen LogP contribution >= 0.6 is 11.8 Å². The maximum atomic E-state index is 13.0. The summed E-state index contributed by atoms with van der Waals surface area (Å²) in [6.07, 6.45) is 3.48. The molecule has 0 unspecified atom stereocenters. The Bertz CT molecular complexity index is 536. The maximum absolute atomic E-state index is 13.0. The average molecular weight is 335 g/mol. The molecule has 128 valence electrons. The highest BCUT2D eigenvalue weighted by Crippen LogP contribution is 2.29. The molecule has 0 saturated carbocycles. The summed E-state index contributed by atoms with van der Waals surface area (Å²) < 4.78 is 0.247. The molecule has 1 atom stereocenters. The summed E-state index contributed by atoms with van der Waals surface area (Å²) in [7, 11) is 4.01. The molecular formula is C19H30N2OS. The second-order valence-corrected chi connectivity index (χ2v) is 9.36. The number of nitrogens with zero attached hydrogens (tertiary/aromatic N) is 2. The number of likely N-dealkylation sites (tertiary alicyclic amines) is 1. The highest BCUT2D eigenvalue weighted by molar-refractivity contribution is 8.00. The Balaban J connectivity index is 2.13. The van der Waals surface area contributed by atoms with Gasteiger partial charge in [-0.2, -0.15) is 11.8 Å². The van der Waals surface area contributed by atoms with Crippen molar-refractivity contribution < 1.29 is 4.79 Å². The van der Waals surface area contributed by atoms with Crippen molar-refractivity contribution in [2.24, 2.45) is 0 Å². The Labute approximate surface area is 145 Å². The maximum Gasteiger partial charge on any atom is 0.254 e. The summed E-state index contributed by atoms with van der Waals surface area (Å²) >= 11 is 1.96. The molecule has 23 heavy (non-hydrogen) atoms. The predicted octanol–water partition coefficient (Wildman–Crippen LogP) is 4.28. The van der Waals surface area contributed by atoms with Crippen LogP contribution < -0.4 is 4.90 Å². The number of benzene rings is 1. The summed E-state index contributed by atoms with van der Waals surface area (Å²) in [6, 6.07) is 8.33. The van der Waals surface area contributed by atoms with Crippen molar-refractivity contribution >= 4 is 23.4 Å². The molecule has 0 aromatic heterocycles. The Morgan fingerprint density at radius 3 is 2.70 bits per heavy atom. The second kappa shape index (κ2) is 7.61. The minimum absolute atomic E-state index is 0.188. The number of hydrogen-bond donors (Lipinski definition) is 0. The molecule has 1 heterocycles. The first-order valence-corrected chi connectivity index (χ1v) is 9.49.